The second kappa shape index (κ2) is 19.2. The van der Waals surface area contributed by atoms with E-state index in [4.69, 9.17) is 33.2 Å². The van der Waals surface area contributed by atoms with Gasteiger partial charge in [0.25, 0.3) is 0 Å². The number of rotatable bonds is 9. The van der Waals surface area contributed by atoms with Gasteiger partial charge in [-0.05, 0) is 75.2 Å². The molecule has 14 atom stereocenters. The molecule has 320 valence electrons. The van der Waals surface area contributed by atoms with E-state index in [-0.39, 0.29) is 32.4 Å². The van der Waals surface area contributed by atoms with E-state index in [1.165, 1.54) is 0 Å². The van der Waals surface area contributed by atoms with Crippen LogP contribution in [0.4, 0.5) is 14.4 Å². The molecule has 0 spiro atoms. The minimum Gasteiger partial charge on any atom is -0.444 e. The second-order valence-corrected chi connectivity index (χ2v) is 17.2. The third kappa shape index (κ3) is 14.4. The van der Waals surface area contributed by atoms with Gasteiger partial charge < -0.3 is 84.9 Å². The Morgan fingerprint density at radius 3 is 1.76 bits per heavy atom. The summed E-state index contributed by atoms with van der Waals surface area (Å²) in [6, 6.07) is -2.37. The van der Waals surface area contributed by atoms with Crippen molar-refractivity contribution in [2.24, 2.45) is 5.92 Å². The van der Waals surface area contributed by atoms with Crippen LogP contribution in [0.2, 0.25) is 0 Å². The number of hydrogen-bond acceptors (Lipinski definition) is 17. The van der Waals surface area contributed by atoms with E-state index in [1.807, 2.05) is 0 Å². The molecule has 20 heteroatoms. The van der Waals surface area contributed by atoms with Crippen molar-refractivity contribution in [3.05, 3.63) is 0 Å². The lowest BCUT2D eigenvalue weighted by atomic mass is 9.96. The number of alkyl carbamates (subject to hydrolysis) is 3. The Morgan fingerprint density at radius 2 is 1.20 bits per heavy atom. The van der Waals surface area contributed by atoms with Crippen LogP contribution in [-0.4, -0.2) is 170 Å². The van der Waals surface area contributed by atoms with Crippen LogP contribution in [0.5, 0.6) is 0 Å². The molecule has 0 aromatic rings. The van der Waals surface area contributed by atoms with Crippen LogP contribution < -0.4 is 16.0 Å². The molecule has 3 rings (SSSR count). The molecular formula is C35H63N3O17. The van der Waals surface area contributed by atoms with Crippen molar-refractivity contribution in [1.29, 1.82) is 0 Å². The van der Waals surface area contributed by atoms with E-state index >= 15 is 0 Å². The average molecular weight is 798 g/mol. The summed E-state index contributed by atoms with van der Waals surface area (Å²) in [6.07, 6.45) is -19.4. The third-order valence-electron chi connectivity index (χ3n) is 8.85. The zero-order valence-electron chi connectivity index (χ0n) is 33.0. The van der Waals surface area contributed by atoms with E-state index in [2.05, 4.69) is 16.0 Å². The number of amides is 3. The average Bonchev–Trinajstić information content (AvgIpc) is 3.23. The SMILES string of the molecule is CC(C)(C)OC(=O)NCC1COC(OC2CCC(NC(=O)OC(C)(C)C)C(OC3OC(CO)C(O)C(NC(=O)OC(C)(C)C)C3O)CC2O)C(O)C(O)C1O. The standard InChI is InChI=1S/C35H63N3O17/c1-33(2,3)53-30(46)36-13-16-15-49-28(27(45)26(44)23(16)41)50-19-11-10-17(37-31(47)54-34(4,5)6)20(12-18(19)40)51-29-25(43)22(24(42)21(14-39)52-29)38-32(48)55-35(7,8)9/h16-29,39-45H,10-15H2,1-9H3,(H,36,46)(H,37,47)(H,38,48). The lowest BCUT2D eigenvalue weighted by Crippen LogP contribution is -2.66. The van der Waals surface area contributed by atoms with Crippen molar-refractivity contribution in [2.45, 2.75) is 178 Å². The van der Waals surface area contributed by atoms with Crippen LogP contribution in [0, 0.1) is 5.92 Å². The van der Waals surface area contributed by atoms with Gasteiger partial charge >= 0.3 is 18.3 Å². The van der Waals surface area contributed by atoms with Gasteiger partial charge in [0.05, 0.1) is 49.7 Å². The minimum absolute atomic E-state index is 0.0191. The lowest BCUT2D eigenvalue weighted by molar-refractivity contribution is -0.295. The molecule has 55 heavy (non-hydrogen) atoms. The van der Waals surface area contributed by atoms with Gasteiger partial charge in [0.15, 0.2) is 12.6 Å². The van der Waals surface area contributed by atoms with Gasteiger partial charge in [0.2, 0.25) is 0 Å². The summed E-state index contributed by atoms with van der Waals surface area (Å²) in [4.78, 5) is 37.8. The number of aliphatic hydroxyl groups excluding tert-OH is 7. The summed E-state index contributed by atoms with van der Waals surface area (Å²) in [5, 5.41) is 83.7. The predicted molar refractivity (Wildman–Crippen MR) is 189 cm³/mol. The Morgan fingerprint density at radius 1 is 0.655 bits per heavy atom. The highest BCUT2D eigenvalue weighted by Crippen LogP contribution is 2.31. The topological polar surface area (TPSA) is 294 Å². The molecule has 2 aliphatic heterocycles. The van der Waals surface area contributed by atoms with Crippen LogP contribution >= 0.6 is 0 Å². The molecule has 0 aromatic carbocycles. The summed E-state index contributed by atoms with van der Waals surface area (Å²) in [5.74, 6) is -0.887. The second-order valence-electron chi connectivity index (χ2n) is 17.2. The Kier molecular flexibility index (Phi) is 16.3. The predicted octanol–water partition coefficient (Wildman–Crippen LogP) is -0.893. The van der Waals surface area contributed by atoms with Crippen LogP contribution in [0.1, 0.15) is 81.6 Å². The lowest BCUT2D eigenvalue weighted by Gasteiger charge is -2.44. The number of carbonyl (C=O) groups excluding carboxylic acids is 3. The first-order valence-corrected chi connectivity index (χ1v) is 18.5. The third-order valence-corrected chi connectivity index (χ3v) is 8.85. The molecule has 0 radical (unpaired) electrons. The molecule has 0 aromatic heterocycles. The maximum atomic E-state index is 13.0. The van der Waals surface area contributed by atoms with Crippen LogP contribution in [0.25, 0.3) is 0 Å². The molecule has 3 fully saturated rings. The highest BCUT2D eigenvalue weighted by atomic mass is 16.7. The number of aliphatic hydroxyl groups is 7. The molecule has 20 nitrogen and oxygen atoms in total. The van der Waals surface area contributed by atoms with E-state index in [9.17, 15) is 50.1 Å². The summed E-state index contributed by atoms with van der Waals surface area (Å²) in [5.41, 5.74) is -2.58. The fraction of sp³-hybridized carbons (Fsp3) is 0.914. The Balaban J connectivity index is 1.80. The van der Waals surface area contributed by atoms with Gasteiger partial charge in [-0.15, -0.1) is 0 Å². The summed E-state index contributed by atoms with van der Waals surface area (Å²) >= 11 is 0. The van der Waals surface area contributed by atoms with Crippen molar-refractivity contribution >= 4 is 18.3 Å². The molecule has 3 aliphatic rings. The van der Waals surface area contributed by atoms with E-state index < -0.39 is 127 Å². The maximum Gasteiger partial charge on any atom is 0.408 e. The molecule has 2 heterocycles. The Hall–Kier alpha value is -2.63. The van der Waals surface area contributed by atoms with Crippen LogP contribution in [0.15, 0.2) is 0 Å². The zero-order valence-corrected chi connectivity index (χ0v) is 33.0. The van der Waals surface area contributed by atoms with E-state index in [0.29, 0.717) is 0 Å². The highest BCUT2D eigenvalue weighted by Gasteiger charge is 2.49. The van der Waals surface area contributed by atoms with Gasteiger partial charge in [0, 0.05) is 18.9 Å². The molecule has 14 unspecified atom stereocenters. The molecule has 1 saturated carbocycles. The fourth-order valence-corrected chi connectivity index (χ4v) is 6.25. The zero-order chi connectivity index (χ0) is 41.6. The number of hydrogen-bond donors (Lipinski definition) is 10. The quantitative estimate of drug-likeness (QED) is 0.1000. The van der Waals surface area contributed by atoms with Gasteiger partial charge in [0.1, 0.15) is 47.3 Å². The van der Waals surface area contributed by atoms with Crippen molar-refractivity contribution in [3.8, 4) is 0 Å². The fourth-order valence-electron chi connectivity index (χ4n) is 6.25. The Labute approximate surface area is 321 Å². The van der Waals surface area contributed by atoms with Gasteiger partial charge in [-0.25, -0.2) is 14.4 Å². The van der Waals surface area contributed by atoms with E-state index in [0.717, 1.165) is 0 Å². The summed E-state index contributed by atoms with van der Waals surface area (Å²) < 4.78 is 39.5. The van der Waals surface area contributed by atoms with Crippen LogP contribution in [-0.2, 0) is 33.2 Å². The van der Waals surface area contributed by atoms with Gasteiger partial charge in [-0.1, -0.05) is 0 Å². The molecule has 1 aliphatic carbocycles. The largest absolute Gasteiger partial charge is 0.444 e. The first-order chi connectivity index (χ1) is 25.3. The molecular weight excluding hydrogens is 734 g/mol. The minimum atomic E-state index is -1.79. The molecule has 3 amide bonds. The molecule has 2 saturated heterocycles. The first kappa shape index (κ1) is 46.8. The van der Waals surface area contributed by atoms with Crippen molar-refractivity contribution in [3.63, 3.8) is 0 Å². The summed E-state index contributed by atoms with van der Waals surface area (Å²) in [6.45, 7) is 13.7. The Bertz CT molecular complexity index is 1260. The smallest absolute Gasteiger partial charge is 0.408 e. The molecule has 10 N–H and O–H groups in total. The van der Waals surface area contributed by atoms with Crippen molar-refractivity contribution < 1.29 is 83.3 Å². The summed E-state index contributed by atoms with van der Waals surface area (Å²) in [7, 11) is 0. The number of nitrogens with one attached hydrogen (secondary N) is 3. The van der Waals surface area contributed by atoms with Crippen LogP contribution in [0.3, 0.4) is 0 Å². The molecule has 0 bridgehead atoms. The van der Waals surface area contributed by atoms with Gasteiger partial charge in [-0.2, -0.15) is 0 Å². The van der Waals surface area contributed by atoms with Crippen molar-refractivity contribution in [1.82, 2.24) is 16.0 Å². The monoisotopic (exact) mass is 797 g/mol. The highest BCUT2D eigenvalue weighted by molar-refractivity contribution is 5.69. The number of ether oxygens (including phenoxy) is 7. The maximum absolute atomic E-state index is 13.0. The first-order valence-electron chi connectivity index (χ1n) is 18.5. The van der Waals surface area contributed by atoms with Gasteiger partial charge in [-0.3, -0.25) is 0 Å². The number of carbonyl (C=O) groups is 3. The van der Waals surface area contributed by atoms with E-state index in [1.54, 1.807) is 62.3 Å². The van der Waals surface area contributed by atoms with Crippen molar-refractivity contribution in [2.75, 3.05) is 19.8 Å². The normalized spacial score (nSPS) is 36.4.